The standard InChI is InChI=1S/C32H31FN4O4/c1-40-25-8-4-22(5-9-25)31(38)36-27-18-23(10-14-34-27)30-28(21-2-6-24(33)7-3-21)29-26(11-15-35-32(29)39)37(30)19-20-12-16-41-17-13-20/h2-10,14,18,20H,11-13,15-17,19H2,1H3,(H,35,39)(H,34,36,38). The SMILES string of the molecule is COc1ccc(C(=O)Nc2cc(-c3c(-c4ccc(F)cc4)c4c(n3CC3CCOCC3)CCNC4=O)ccn2)cc1. The van der Waals surface area contributed by atoms with Gasteiger partial charge in [0.25, 0.3) is 11.8 Å². The van der Waals surface area contributed by atoms with Crippen LogP contribution >= 0.6 is 0 Å². The number of amides is 2. The summed E-state index contributed by atoms with van der Waals surface area (Å²) in [4.78, 5) is 30.8. The lowest BCUT2D eigenvalue weighted by Crippen LogP contribution is -2.33. The van der Waals surface area contributed by atoms with Gasteiger partial charge in [0, 0.05) is 61.3 Å². The number of benzene rings is 2. The van der Waals surface area contributed by atoms with Crippen LogP contribution < -0.4 is 15.4 Å². The van der Waals surface area contributed by atoms with E-state index in [1.165, 1.54) is 12.1 Å². The lowest BCUT2D eigenvalue weighted by Gasteiger charge is -2.26. The molecule has 4 heterocycles. The molecule has 6 rings (SSSR count). The van der Waals surface area contributed by atoms with Gasteiger partial charge < -0.3 is 24.7 Å². The van der Waals surface area contributed by atoms with Gasteiger partial charge in [-0.2, -0.15) is 0 Å². The number of hydrogen-bond acceptors (Lipinski definition) is 5. The van der Waals surface area contributed by atoms with Gasteiger partial charge >= 0.3 is 0 Å². The Morgan fingerprint density at radius 3 is 2.56 bits per heavy atom. The van der Waals surface area contributed by atoms with Crippen LogP contribution in [0, 0.1) is 11.7 Å². The highest BCUT2D eigenvalue weighted by molar-refractivity contribution is 6.07. The Bertz CT molecular complexity index is 1570. The summed E-state index contributed by atoms with van der Waals surface area (Å²) in [7, 11) is 1.57. The average molecular weight is 555 g/mol. The zero-order chi connectivity index (χ0) is 28.3. The molecule has 1 saturated heterocycles. The molecule has 1 fully saturated rings. The summed E-state index contributed by atoms with van der Waals surface area (Å²) in [6, 6.07) is 16.8. The van der Waals surface area contributed by atoms with E-state index in [-0.39, 0.29) is 17.6 Å². The van der Waals surface area contributed by atoms with Crippen LogP contribution in [0.5, 0.6) is 5.75 Å². The topological polar surface area (TPSA) is 94.5 Å². The molecule has 41 heavy (non-hydrogen) atoms. The number of hydrogen-bond donors (Lipinski definition) is 2. The molecule has 2 N–H and O–H groups in total. The highest BCUT2D eigenvalue weighted by Crippen LogP contribution is 2.42. The third kappa shape index (κ3) is 5.45. The van der Waals surface area contributed by atoms with Crippen molar-refractivity contribution in [3.05, 3.63) is 89.5 Å². The number of anilines is 1. The fourth-order valence-electron chi connectivity index (χ4n) is 5.72. The van der Waals surface area contributed by atoms with Gasteiger partial charge in [0.1, 0.15) is 17.4 Å². The summed E-state index contributed by atoms with van der Waals surface area (Å²) >= 11 is 0. The van der Waals surface area contributed by atoms with Crippen molar-refractivity contribution in [2.75, 3.05) is 32.2 Å². The number of aromatic nitrogens is 2. The number of carbonyl (C=O) groups is 2. The van der Waals surface area contributed by atoms with Gasteiger partial charge in [-0.15, -0.1) is 0 Å². The molecule has 2 aliphatic heterocycles. The highest BCUT2D eigenvalue weighted by atomic mass is 19.1. The second-order valence-electron chi connectivity index (χ2n) is 10.3. The lowest BCUT2D eigenvalue weighted by molar-refractivity contribution is 0.0611. The molecule has 0 atom stereocenters. The average Bonchev–Trinajstić information content (AvgIpc) is 3.33. The van der Waals surface area contributed by atoms with Crippen LogP contribution in [0.2, 0.25) is 0 Å². The van der Waals surface area contributed by atoms with E-state index in [1.54, 1.807) is 49.7 Å². The number of pyridine rings is 1. The molecular formula is C32H31FN4O4. The van der Waals surface area contributed by atoms with Crippen LogP contribution in [0.1, 0.15) is 39.3 Å². The molecule has 8 nitrogen and oxygen atoms in total. The number of nitrogens with zero attached hydrogens (tertiary/aromatic N) is 2. The molecule has 2 aromatic heterocycles. The third-order valence-electron chi connectivity index (χ3n) is 7.79. The van der Waals surface area contributed by atoms with Gasteiger partial charge in [0.2, 0.25) is 0 Å². The molecule has 0 spiro atoms. The summed E-state index contributed by atoms with van der Waals surface area (Å²) < 4.78 is 27.0. The summed E-state index contributed by atoms with van der Waals surface area (Å²) in [5.74, 6) is 0.652. The van der Waals surface area contributed by atoms with Gasteiger partial charge in [-0.3, -0.25) is 9.59 Å². The van der Waals surface area contributed by atoms with E-state index < -0.39 is 0 Å². The zero-order valence-corrected chi connectivity index (χ0v) is 22.8. The summed E-state index contributed by atoms with van der Waals surface area (Å²) in [6.45, 7) is 2.70. The van der Waals surface area contributed by atoms with Gasteiger partial charge in [0.15, 0.2) is 0 Å². The molecule has 0 unspecified atom stereocenters. The number of methoxy groups -OCH3 is 1. The molecule has 2 aromatic carbocycles. The van der Waals surface area contributed by atoms with Crippen molar-refractivity contribution < 1.29 is 23.5 Å². The van der Waals surface area contributed by atoms with Gasteiger partial charge in [-0.1, -0.05) is 12.1 Å². The van der Waals surface area contributed by atoms with E-state index in [4.69, 9.17) is 9.47 Å². The first-order chi connectivity index (χ1) is 20.0. The number of halogens is 1. The molecular weight excluding hydrogens is 523 g/mol. The first-order valence-corrected chi connectivity index (χ1v) is 13.8. The molecule has 2 amide bonds. The van der Waals surface area contributed by atoms with Crippen LogP contribution in [-0.2, 0) is 17.7 Å². The summed E-state index contributed by atoms with van der Waals surface area (Å²) in [6.07, 6.45) is 4.21. The predicted octanol–water partition coefficient (Wildman–Crippen LogP) is 5.33. The minimum absolute atomic E-state index is 0.139. The number of carbonyl (C=O) groups excluding carboxylic acids is 2. The Kier molecular flexibility index (Phi) is 7.52. The van der Waals surface area contributed by atoms with Crippen molar-refractivity contribution >= 4 is 17.6 Å². The highest BCUT2D eigenvalue weighted by Gasteiger charge is 2.32. The van der Waals surface area contributed by atoms with Crippen molar-refractivity contribution in [1.29, 1.82) is 0 Å². The maximum atomic E-state index is 14.0. The third-order valence-corrected chi connectivity index (χ3v) is 7.79. The molecule has 210 valence electrons. The first kappa shape index (κ1) is 26.7. The van der Waals surface area contributed by atoms with Crippen LogP contribution in [0.3, 0.4) is 0 Å². The first-order valence-electron chi connectivity index (χ1n) is 13.8. The van der Waals surface area contributed by atoms with Crippen molar-refractivity contribution in [2.45, 2.75) is 25.8 Å². The molecule has 4 aromatic rings. The maximum absolute atomic E-state index is 14.0. The number of fused-ring (bicyclic) bond motifs is 1. The van der Waals surface area contributed by atoms with Crippen LogP contribution in [0.4, 0.5) is 10.2 Å². The van der Waals surface area contributed by atoms with E-state index in [0.717, 1.165) is 47.5 Å². The molecule has 0 radical (unpaired) electrons. The predicted molar refractivity (Wildman–Crippen MR) is 154 cm³/mol. The normalized spacial score (nSPS) is 15.2. The molecule has 0 saturated carbocycles. The Morgan fingerprint density at radius 1 is 1.07 bits per heavy atom. The van der Waals surface area contributed by atoms with Gasteiger partial charge in [-0.25, -0.2) is 9.37 Å². The van der Waals surface area contributed by atoms with E-state index >= 15 is 0 Å². The Labute approximate surface area is 237 Å². The zero-order valence-electron chi connectivity index (χ0n) is 22.8. The van der Waals surface area contributed by atoms with E-state index in [1.807, 2.05) is 12.1 Å². The Hall–Kier alpha value is -4.50. The fourth-order valence-corrected chi connectivity index (χ4v) is 5.72. The Balaban J connectivity index is 1.46. The molecule has 2 aliphatic rings. The number of rotatable bonds is 7. The minimum Gasteiger partial charge on any atom is -0.497 e. The van der Waals surface area contributed by atoms with Crippen LogP contribution in [0.25, 0.3) is 22.4 Å². The van der Waals surface area contributed by atoms with E-state index in [0.29, 0.717) is 54.8 Å². The van der Waals surface area contributed by atoms with Gasteiger partial charge in [0.05, 0.1) is 18.4 Å². The van der Waals surface area contributed by atoms with Crippen LogP contribution in [0.15, 0.2) is 66.9 Å². The van der Waals surface area contributed by atoms with Crippen molar-refractivity contribution in [1.82, 2.24) is 14.9 Å². The molecule has 9 heteroatoms. The fraction of sp³-hybridized carbons (Fsp3) is 0.281. The number of nitrogens with one attached hydrogen (secondary N) is 2. The van der Waals surface area contributed by atoms with Crippen molar-refractivity contribution in [2.24, 2.45) is 5.92 Å². The van der Waals surface area contributed by atoms with Crippen molar-refractivity contribution in [3.8, 4) is 28.1 Å². The van der Waals surface area contributed by atoms with E-state index in [9.17, 15) is 14.0 Å². The molecule has 0 aliphatic carbocycles. The largest absolute Gasteiger partial charge is 0.497 e. The van der Waals surface area contributed by atoms with Crippen molar-refractivity contribution in [3.63, 3.8) is 0 Å². The molecule has 0 bridgehead atoms. The number of ether oxygens (including phenoxy) is 2. The second kappa shape index (κ2) is 11.5. The van der Waals surface area contributed by atoms with Gasteiger partial charge in [-0.05, 0) is 72.9 Å². The minimum atomic E-state index is -0.345. The summed E-state index contributed by atoms with van der Waals surface area (Å²) in [5, 5.41) is 5.89. The maximum Gasteiger partial charge on any atom is 0.256 e. The lowest BCUT2D eigenvalue weighted by atomic mass is 9.95. The summed E-state index contributed by atoms with van der Waals surface area (Å²) in [5.41, 5.74) is 5.22. The quantitative estimate of drug-likeness (QED) is 0.322. The monoisotopic (exact) mass is 554 g/mol. The smallest absolute Gasteiger partial charge is 0.256 e. The Morgan fingerprint density at radius 2 is 1.83 bits per heavy atom. The second-order valence-corrected chi connectivity index (χ2v) is 10.3. The van der Waals surface area contributed by atoms with E-state index in [2.05, 4.69) is 20.2 Å². The van der Waals surface area contributed by atoms with Crippen LogP contribution in [-0.4, -0.2) is 48.2 Å².